The molecule has 0 bridgehead atoms. The summed E-state index contributed by atoms with van der Waals surface area (Å²) in [4.78, 5) is 19.6. The number of aliphatic imine (C=N–C) groups is 1. The lowest BCUT2D eigenvalue weighted by molar-refractivity contribution is -0.385. The van der Waals surface area contributed by atoms with Crippen LogP contribution in [0.3, 0.4) is 0 Å². The van der Waals surface area contributed by atoms with Gasteiger partial charge in [-0.25, -0.2) is 4.98 Å². The minimum atomic E-state index is -0.571. The van der Waals surface area contributed by atoms with Gasteiger partial charge >= 0.3 is 0 Å². The summed E-state index contributed by atoms with van der Waals surface area (Å²) >= 11 is 0. The molecule has 0 saturated heterocycles. The van der Waals surface area contributed by atoms with Crippen molar-refractivity contribution in [1.82, 2.24) is 4.98 Å². The number of nitrogens with zero attached hydrogens (tertiary/aromatic N) is 3. The van der Waals surface area contributed by atoms with E-state index in [2.05, 4.69) is 9.98 Å². The van der Waals surface area contributed by atoms with Gasteiger partial charge in [0.15, 0.2) is 5.58 Å². The van der Waals surface area contributed by atoms with Gasteiger partial charge in [-0.1, -0.05) is 23.9 Å². The molecule has 8 heteroatoms. The van der Waals surface area contributed by atoms with Gasteiger partial charge in [-0.2, -0.15) is 0 Å². The predicted molar refractivity (Wildman–Crippen MR) is 115 cm³/mol. The largest absolute Gasteiger partial charge is 0.870 e. The Balaban J connectivity index is 1.73. The van der Waals surface area contributed by atoms with Crippen molar-refractivity contribution >= 4 is 28.7 Å². The van der Waals surface area contributed by atoms with Crippen molar-refractivity contribution in [2.24, 2.45) is 4.99 Å². The smallest absolute Gasteiger partial charge is 0.273 e. The van der Waals surface area contributed by atoms with Crippen LogP contribution in [-0.4, -0.2) is 22.7 Å². The van der Waals surface area contributed by atoms with E-state index in [1.807, 2.05) is 37.3 Å². The average Bonchev–Trinajstić information content (AvgIpc) is 3.19. The molecule has 3 aromatic carbocycles. The molecule has 0 amide bonds. The zero-order chi connectivity index (χ0) is 22.0. The van der Waals surface area contributed by atoms with Crippen molar-refractivity contribution in [1.29, 1.82) is 0 Å². The Labute approximate surface area is 177 Å². The number of nitro groups is 1. The molecular formula is C23H18N3O5-. The van der Waals surface area contributed by atoms with Crippen LogP contribution in [0.4, 0.5) is 11.4 Å². The second-order valence-corrected chi connectivity index (χ2v) is 6.75. The number of non-ortho nitro benzene ring substituents is 1. The number of para-hydroxylation sites is 2. The molecule has 4 aromatic rings. The molecule has 4 rings (SSSR count). The summed E-state index contributed by atoms with van der Waals surface area (Å²) in [6.07, 6.45) is 1.32. The molecule has 1 heterocycles. The summed E-state index contributed by atoms with van der Waals surface area (Å²) in [7, 11) is 0. The van der Waals surface area contributed by atoms with Crippen molar-refractivity contribution in [3.63, 3.8) is 0 Å². The number of rotatable bonds is 6. The molecular weight excluding hydrogens is 398 g/mol. The molecule has 0 unspecified atom stereocenters. The lowest BCUT2D eigenvalue weighted by Gasteiger charge is -2.16. The van der Waals surface area contributed by atoms with Crippen LogP contribution in [0.5, 0.6) is 11.5 Å². The van der Waals surface area contributed by atoms with Gasteiger partial charge in [0, 0.05) is 17.8 Å². The molecule has 0 aliphatic heterocycles. The third-order valence-corrected chi connectivity index (χ3v) is 4.75. The van der Waals surface area contributed by atoms with E-state index < -0.39 is 10.7 Å². The van der Waals surface area contributed by atoms with Crippen LogP contribution in [0.15, 0.2) is 64.0 Å². The normalized spacial score (nSPS) is 11.3. The van der Waals surface area contributed by atoms with E-state index in [0.29, 0.717) is 17.2 Å². The average molecular weight is 416 g/mol. The summed E-state index contributed by atoms with van der Waals surface area (Å²) < 4.78 is 11.1. The van der Waals surface area contributed by atoms with Crippen LogP contribution in [0.2, 0.25) is 0 Å². The van der Waals surface area contributed by atoms with Crippen LogP contribution in [0.1, 0.15) is 18.1 Å². The Hall–Kier alpha value is -4.20. The first-order valence-electron chi connectivity index (χ1n) is 9.59. The van der Waals surface area contributed by atoms with Crippen LogP contribution < -0.4 is 9.84 Å². The highest BCUT2D eigenvalue weighted by Gasteiger charge is 2.14. The van der Waals surface area contributed by atoms with Gasteiger partial charge in [-0.15, -0.1) is 0 Å². The van der Waals surface area contributed by atoms with Gasteiger partial charge in [0.1, 0.15) is 11.3 Å². The van der Waals surface area contributed by atoms with Gasteiger partial charge in [0.25, 0.3) is 5.69 Å². The van der Waals surface area contributed by atoms with Gasteiger partial charge in [-0.05, 0) is 49.2 Å². The molecule has 0 atom stereocenters. The Morgan fingerprint density at radius 1 is 1.19 bits per heavy atom. The highest BCUT2D eigenvalue weighted by atomic mass is 16.6. The van der Waals surface area contributed by atoms with E-state index in [4.69, 9.17) is 9.15 Å². The fourth-order valence-corrected chi connectivity index (χ4v) is 3.19. The topological polar surface area (TPSA) is 114 Å². The highest BCUT2D eigenvalue weighted by Crippen LogP contribution is 2.34. The highest BCUT2D eigenvalue weighted by molar-refractivity contribution is 5.88. The van der Waals surface area contributed by atoms with Crippen molar-refractivity contribution in [2.75, 3.05) is 6.61 Å². The molecule has 1 aromatic heterocycles. The first-order chi connectivity index (χ1) is 15.0. The molecule has 31 heavy (non-hydrogen) atoms. The minimum absolute atomic E-state index is 0.0734. The number of hydrogen-bond donors (Lipinski definition) is 0. The molecule has 0 N–H and O–H groups in total. The summed E-state index contributed by atoms with van der Waals surface area (Å²) in [5.74, 6) is -0.0618. The Morgan fingerprint density at radius 2 is 2.00 bits per heavy atom. The molecule has 0 aliphatic rings. The number of hydrogen-bond acceptors (Lipinski definition) is 7. The van der Waals surface area contributed by atoms with Crippen LogP contribution in [0.25, 0.3) is 22.6 Å². The maximum atomic E-state index is 12.6. The van der Waals surface area contributed by atoms with Gasteiger partial charge < -0.3 is 14.3 Å². The molecule has 0 aliphatic carbocycles. The minimum Gasteiger partial charge on any atom is -0.870 e. The number of nitro benzene ring substituents is 1. The Bertz CT molecular complexity index is 1280. The Kier molecular flexibility index (Phi) is 5.36. The molecule has 8 nitrogen and oxygen atoms in total. The second-order valence-electron chi connectivity index (χ2n) is 6.75. The summed E-state index contributed by atoms with van der Waals surface area (Å²) in [6.45, 7) is 3.79. The first-order valence-corrected chi connectivity index (χ1v) is 9.59. The maximum Gasteiger partial charge on any atom is 0.273 e. The summed E-state index contributed by atoms with van der Waals surface area (Å²) in [5.41, 5.74) is 3.42. The van der Waals surface area contributed by atoms with Crippen LogP contribution in [0, 0.1) is 17.0 Å². The van der Waals surface area contributed by atoms with E-state index in [9.17, 15) is 15.2 Å². The number of oxazole rings is 1. The van der Waals surface area contributed by atoms with Crippen molar-refractivity contribution in [2.45, 2.75) is 13.8 Å². The molecule has 0 saturated carbocycles. The summed E-state index contributed by atoms with van der Waals surface area (Å²) in [6, 6.07) is 15.3. The van der Waals surface area contributed by atoms with E-state index in [1.54, 1.807) is 19.1 Å². The third-order valence-electron chi connectivity index (χ3n) is 4.75. The Morgan fingerprint density at radius 3 is 2.74 bits per heavy atom. The van der Waals surface area contributed by atoms with E-state index >= 15 is 0 Å². The third kappa shape index (κ3) is 3.95. The fraction of sp³-hybridized carbons (Fsp3) is 0.130. The maximum absolute atomic E-state index is 12.6. The van der Waals surface area contributed by atoms with Gasteiger partial charge in [0.05, 0.1) is 23.3 Å². The van der Waals surface area contributed by atoms with Gasteiger partial charge in [-0.3, -0.25) is 15.1 Å². The van der Waals surface area contributed by atoms with Crippen LogP contribution in [-0.2, 0) is 0 Å². The van der Waals surface area contributed by atoms with E-state index in [0.717, 1.165) is 22.7 Å². The first kappa shape index (κ1) is 20.1. The lowest BCUT2D eigenvalue weighted by atomic mass is 10.1. The SMILES string of the molecule is CCOc1cc([N+](=O)[O-])cc(C=Nc2cccc(-c3nc4ccccc4o3)c2C)c1[O-]. The standard InChI is InChI=1S/C23H19N3O5/c1-3-30-21-12-16(26(28)29)11-15(22(21)27)13-24-18-9-6-7-17(14(18)2)23-25-19-8-4-5-10-20(19)31-23/h4-13,27H,3H2,1-2H3/p-1. The number of benzene rings is 3. The second kappa shape index (κ2) is 8.27. The van der Waals surface area contributed by atoms with E-state index in [-0.39, 0.29) is 23.6 Å². The molecule has 0 radical (unpaired) electrons. The monoisotopic (exact) mass is 416 g/mol. The van der Waals surface area contributed by atoms with Crippen molar-refractivity contribution < 1.29 is 19.2 Å². The molecule has 156 valence electrons. The van der Waals surface area contributed by atoms with E-state index in [1.165, 1.54) is 12.3 Å². The summed E-state index contributed by atoms with van der Waals surface area (Å²) in [5, 5.41) is 23.8. The molecule has 0 fully saturated rings. The predicted octanol–water partition coefficient (Wildman–Crippen LogP) is 4.93. The van der Waals surface area contributed by atoms with Crippen molar-refractivity contribution in [3.8, 4) is 23.0 Å². The molecule has 0 spiro atoms. The van der Waals surface area contributed by atoms with Crippen molar-refractivity contribution in [3.05, 3.63) is 75.8 Å². The van der Waals surface area contributed by atoms with Crippen LogP contribution >= 0.6 is 0 Å². The lowest BCUT2D eigenvalue weighted by Crippen LogP contribution is -2.04. The quantitative estimate of drug-likeness (QED) is 0.250. The number of fused-ring (bicyclic) bond motifs is 1. The number of aromatic nitrogens is 1. The van der Waals surface area contributed by atoms with Gasteiger partial charge in [0.2, 0.25) is 5.89 Å². The number of ether oxygens (including phenoxy) is 1. The zero-order valence-corrected chi connectivity index (χ0v) is 16.9. The zero-order valence-electron chi connectivity index (χ0n) is 16.9. The fourth-order valence-electron chi connectivity index (χ4n) is 3.19.